The van der Waals surface area contributed by atoms with Gasteiger partial charge in [0.25, 0.3) is 5.91 Å². The Kier molecular flexibility index (Phi) is 7.45. The fourth-order valence-corrected chi connectivity index (χ4v) is 3.73. The zero-order valence-corrected chi connectivity index (χ0v) is 14.5. The Bertz CT molecular complexity index is 330. The Morgan fingerprint density at radius 1 is 1.38 bits per heavy atom. The van der Waals surface area contributed by atoms with Gasteiger partial charge in [-0.05, 0) is 57.0 Å². The van der Waals surface area contributed by atoms with Crippen LogP contribution in [0.5, 0.6) is 0 Å². The Morgan fingerprint density at radius 2 is 2.05 bits per heavy atom. The molecular formula is C16H31ClN2O2. The lowest BCUT2D eigenvalue weighted by molar-refractivity contribution is -0.160. The third kappa shape index (κ3) is 4.57. The van der Waals surface area contributed by atoms with Gasteiger partial charge in [-0.2, -0.15) is 0 Å². The van der Waals surface area contributed by atoms with Gasteiger partial charge in [-0.3, -0.25) is 4.79 Å². The number of nitrogens with zero attached hydrogens (tertiary/aromatic N) is 1. The fraction of sp³-hybridized carbons (Fsp3) is 0.938. The molecule has 2 rings (SSSR count). The molecule has 0 aliphatic carbocycles. The second-order valence-corrected chi connectivity index (χ2v) is 6.84. The summed E-state index contributed by atoms with van der Waals surface area (Å²) >= 11 is 0. The average Bonchev–Trinajstić information content (AvgIpc) is 2.47. The van der Waals surface area contributed by atoms with Gasteiger partial charge < -0.3 is 15.0 Å². The fourth-order valence-electron chi connectivity index (χ4n) is 3.73. The van der Waals surface area contributed by atoms with Crippen LogP contribution in [0.15, 0.2) is 0 Å². The number of carbonyl (C=O) groups excluding carboxylic acids is 1. The second-order valence-electron chi connectivity index (χ2n) is 6.84. The Morgan fingerprint density at radius 3 is 2.62 bits per heavy atom. The lowest BCUT2D eigenvalue weighted by Gasteiger charge is -2.42. The van der Waals surface area contributed by atoms with Crippen LogP contribution >= 0.6 is 12.4 Å². The van der Waals surface area contributed by atoms with Crippen molar-refractivity contribution in [3.05, 3.63) is 0 Å². The van der Waals surface area contributed by atoms with Gasteiger partial charge in [0.05, 0.1) is 0 Å². The minimum atomic E-state index is -0.565. The Labute approximate surface area is 135 Å². The van der Waals surface area contributed by atoms with Crippen LogP contribution < -0.4 is 5.32 Å². The van der Waals surface area contributed by atoms with E-state index < -0.39 is 5.60 Å². The predicted octanol–water partition coefficient (Wildman–Crippen LogP) is 2.46. The predicted molar refractivity (Wildman–Crippen MR) is 87.9 cm³/mol. The maximum absolute atomic E-state index is 12.9. The number of likely N-dealkylation sites (tertiary alicyclic amines) is 1. The van der Waals surface area contributed by atoms with E-state index in [1.165, 1.54) is 12.8 Å². The molecule has 0 spiro atoms. The number of rotatable bonds is 4. The summed E-state index contributed by atoms with van der Waals surface area (Å²) < 4.78 is 5.68. The molecule has 0 saturated carbocycles. The molecule has 5 heteroatoms. The van der Waals surface area contributed by atoms with E-state index in [0.29, 0.717) is 11.8 Å². The summed E-state index contributed by atoms with van der Waals surface area (Å²) in [6.07, 6.45) is 5.23. The maximum Gasteiger partial charge on any atom is 0.254 e. The zero-order chi connectivity index (χ0) is 14.6. The van der Waals surface area contributed by atoms with Crippen molar-refractivity contribution in [3.8, 4) is 0 Å². The van der Waals surface area contributed by atoms with Crippen molar-refractivity contribution in [2.24, 2.45) is 11.8 Å². The van der Waals surface area contributed by atoms with Crippen molar-refractivity contribution in [2.45, 2.75) is 51.6 Å². The van der Waals surface area contributed by atoms with Crippen molar-refractivity contribution in [1.82, 2.24) is 10.2 Å². The number of piperidine rings is 2. The number of nitrogens with one attached hydrogen (secondary N) is 1. The minimum absolute atomic E-state index is 0. The molecule has 1 atom stereocenters. The first-order chi connectivity index (χ1) is 9.57. The van der Waals surface area contributed by atoms with Crippen molar-refractivity contribution in [3.63, 3.8) is 0 Å². The van der Waals surface area contributed by atoms with Gasteiger partial charge in [-0.25, -0.2) is 0 Å². The van der Waals surface area contributed by atoms with Crippen LogP contribution in [0.4, 0.5) is 0 Å². The molecule has 4 nitrogen and oxygen atoms in total. The smallest absolute Gasteiger partial charge is 0.254 e. The normalized spacial score (nSPS) is 25.5. The van der Waals surface area contributed by atoms with Gasteiger partial charge in [-0.1, -0.05) is 13.8 Å². The summed E-state index contributed by atoms with van der Waals surface area (Å²) in [5, 5.41) is 3.32. The van der Waals surface area contributed by atoms with E-state index in [4.69, 9.17) is 4.74 Å². The van der Waals surface area contributed by atoms with E-state index in [9.17, 15) is 4.79 Å². The summed E-state index contributed by atoms with van der Waals surface area (Å²) in [6, 6.07) is 0. The highest BCUT2D eigenvalue weighted by Gasteiger charge is 2.43. The molecule has 1 amide bonds. The van der Waals surface area contributed by atoms with Crippen molar-refractivity contribution < 1.29 is 9.53 Å². The number of amides is 1. The highest BCUT2D eigenvalue weighted by molar-refractivity contribution is 5.86. The van der Waals surface area contributed by atoms with Gasteiger partial charge in [0.1, 0.15) is 5.60 Å². The van der Waals surface area contributed by atoms with Crippen LogP contribution in [-0.4, -0.2) is 49.7 Å². The molecule has 21 heavy (non-hydrogen) atoms. The summed E-state index contributed by atoms with van der Waals surface area (Å²) in [7, 11) is 1.69. The molecule has 0 bridgehead atoms. The van der Waals surface area contributed by atoms with E-state index in [1.807, 2.05) is 0 Å². The summed E-state index contributed by atoms with van der Waals surface area (Å²) in [5.41, 5.74) is -0.565. The van der Waals surface area contributed by atoms with E-state index in [0.717, 1.165) is 45.4 Å². The Hall–Kier alpha value is -0.320. The van der Waals surface area contributed by atoms with Crippen molar-refractivity contribution >= 4 is 18.3 Å². The third-order valence-corrected chi connectivity index (χ3v) is 4.80. The van der Waals surface area contributed by atoms with Crippen LogP contribution in [0.25, 0.3) is 0 Å². The molecule has 1 unspecified atom stereocenters. The first-order valence-corrected chi connectivity index (χ1v) is 8.12. The molecule has 2 fully saturated rings. The summed E-state index contributed by atoms with van der Waals surface area (Å²) in [5.74, 6) is 1.61. The first-order valence-electron chi connectivity index (χ1n) is 8.12. The molecular weight excluding hydrogens is 288 g/mol. The standard InChI is InChI=1S/C16H30N2O2.ClH/c1-13(2)11-14-5-4-10-18(12-14)15(19)16(20-3)6-8-17-9-7-16;/h13-14,17H,4-12H2,1-3H3;1H. The molecule has 0 aromatic rings. The molecule has 0 aromatic carbocycles. The maximum atomic E-state index is 12.9. The van der Waals surface area contributed by atoms with E-state index in [2.05, 4.69) is 24.1 Å². The highest BCUT2D eigenvalue weighted by atomic mass is 35.5. The highest BCUT2D eigenvalue weighted by Crippen LogP contribution is 2.29. The number of ether oxygens (including phenoxy) is 1. The molecule has 0 radical (unpaired) electrons. The zero-order valence-electron chi connectivity index (χ0n) is 13.7. The number of hydrogen-bond acceptors (Lipinski definition) is 3. The van der Waals surface area contributed by atoms with Gasteiger partial charge in [-0.15, -0.1) is 12.4 Å². The van der Waals surface area contributed by atoms with Gasteiger partial charge >= 0.3 is 0 Å². The first kappa shape index (κ1) is 18.7. The molecule has 1 N–H and O–H groups in total. The topological polar surface area (TPSA) is 41.6 Å². The lowest BCUT2D eigenvalue weighted by Crippen LogP contribution is -2.57. The quantitative estimate of drug-likeness (QED) is 0.865. The number of hydrogen-bond donors (Lipinski definition) is 1. The Balaban J connectivity index is 0.00000220. The van der Waals surface area contributed by atoms with E-state index in [-0.39, 0.29) is 18.3 Å². The number of carbonyl (C=O) groups is 1. The van der Waals surface area contributed by atoms with Crippen LogP contribution in [-0.2, 0) is 9.53 Å². The van der Waals surface area contributed by atoms with Crippen LogP contribution in [0.1, 0.15) is 46.0 Å². The number of methoxy groups -OCH3 is 1. The van der Waals surface area contributed by atoms with Gasteiger partial charge in [0, 0.05) is 20.2 Å². The monoisotopic (exact) mass is 318 g/mol. The molecule has 124 valence electrons. The van der Waals surface area contributed by atoms with E-state index >= 15 is 0 Å². The molecule has 2 aliphatic rings. The average molecular weight is 319 g/mol. The summed E-state index contributed by atoms with van der Waals surface area (Å²) in [4.78, 5) is 15.0. The van der Waals surface area contributed by atoms with E-state index in [1.54, 1.807) is 7.11 Å². The van der Waals surface area contributed by atoms with Crippen LogP contribution in [0.3, 0.4) is 0 Å². The molecule has 2 heterocycles. The SMILES string of the molecule is COC1(C(=O)N2CCCC(CC(C)C)C2)CCNCC1.Cl. The molecule has 0 aromatic heterocycles. The number of halogens is 1. The molecule has 2 saturated heterocycles. The minimum Gasteiger partial charge on any atom is -0.368 e. The van der Waals surface area contributed by atoms with Crippen LogP contribution in [0.2, 0.25) is 0 Å². The van der Waals surface area contributed by atoms with Crippen molar-refractivity contribution in [2.75, 3.05) is 33.3 Å². The van der Waals surface area contributed by atoms with Crippen molar-refractivity contribution in [1.29, 1.82) is 0 Å². The van der Waals surface area contributed by atoms with Crippen LogP contribution in [0, 0.1) is 11.8 Å². The largest absolute Gasteiger partial charge is 0.368 e. The summed E-state index contributed by atoms with van der Waals surface area (Å²) in [6.45, 7) is 8.13. The second kappa shape index (κ2) is 8.35. The lowest BCUT2D eigenvalue weighted by atomic mass is 9.86. The third-order valence-electron chi connectivity index (χ3n) is 4.80. The van der Waals surface area contributed by atoms with Gasteiger partial charge in [0.2, 0.25) is 0 Å². The molecule has 2 aliphatic heterocycles. The van der Waals surface area contributed by atoms with Gasteiger partial charge in [0.15, 0.2) is 0 Å².